The van der Waals surface area contributed by atoms with Gasteiger partial charge in [0.25, 0.3) is 0 Å². The van der Waals surface area contributed by atoms with Crippen LogP contribution in [0.5, 0.6) is 0 Å². The van der Waals surface area contributed by atoms with Gasteiger partial charge in [-0.3, -0.25) is 4.79 Å². The Morgan fingerprint density at radius 3 is 1.98 bits per heavy atom. The largest absolute Gasteiger partial charge is 0.449 e. The van der Waals surface area contributed by atoms with Crippen LogP contribution in [-0.4, -0.2) is 43.2 Å². The third kappa shape index (κ3) is 10.2. The monoisotopic (exact) mass is 812 g/mol. The van der Waals surface area contributed by atoms with Crippen LogP contribution in [0.2, 0.25) is 5.02 Å². The van der Waals surface area contributed by atoms with E-state index in [-0.39, 0.29) is 18.9 Å². The van der Waals surface area contributed by atoms with Gasteiger partial charge in [0.15, 0.2) is 5.60 Å². The predicted molar refractivity (Wildman–Crippen MR) is 234 cm³/mol. The van der Waals surface area contributed by atoms with Crippen molar-refractivity contribution in [3.63, 3.8) is 0 Å². The summed E-state index contributed by atoms with van der Waals surface area (Å²) < 4.78 is 12.6. The first-order valence-electron chi connectivity index (χ1n) is 20.3. The molecule has 3 atom stereocenters. The molecule has 0 aromatic heterocycles. The Morgan fingerprint density at radius 2 is 1.34 bits per heavy atom. The summed E-state index contributed by atoms with van der Waals surface area (Å²) in [6, 6.07) is 38.7. The lowest BCUT2D eigenvalue weighted by Crippen LogP contribution is -2.53. The number of halogens is 1. The molecule has 1 aliphatic carbocycles. The molecule has 0 saturated carbocycles. The van der Waals surface area contributed by atoms with Crippen LogP contribution in [0.4, 0.5) is 4.79 Å². The number of amides is 2. The summed E-state index contributed by atoms with van der Waals surface area (Å²) in [5, 5.41) is 9.16. The Balaban J connectivity index is 1.27. The molecule has 6 rings (SSSR count). The van der Waals surface area contributed by atoms with Gasteiger partial charge < -0.3 is 31.2 Å². The van der Waals surface area contributed by atoms with Gasteiger partial charge in [0, 0.05) is 34.2 Å². The summed E-state index contributed by atoms with van der Waals surface area (Å²) >= 11 is 6.94. The molecule has 5 N–H and O–H groups in total. The fraction of sp³-hybridized carbons (Fsp3) is 0.286. The quantitative estimate of drug-likeness (QED) is 0.0372. The van der Waals surface area contributed by atoms with Crippen molar-refractivity contribution < 1.29 is 23.9 Å². The molecule has 9 nitrogen and oxygen atoms in total. The van der Waals surface area contributed by atoms with Gasteiger partial charge >= 0.3 is 12.1 Å². The predicted octanol–water partition coefficient (Wildman–Crippen LogP) is 9.26. The van der Waals surface area contributed by atoms with Crippen LogP contribution in [0, 0.1) is 6.92 Å². The number of ether oxygens (including phenoxy) is 2. The van der Waals surface area contributed by atoms with Crippen molar-refractivity contribution in [1.29, 1.82) is 0 Å². The van der Waals surface area contributed by atoms with E-state index in [1.54, 1.807) is 6.07 Å². The number of nitrogens with two attached hydrogens (primary N) is 1. The maximum Gasteiger partial charge on any atom is 0.407 e. The van der Waals surface area contributed by atoms with Gasteiger partial charge in [-0.1, -0.05) is 171 Å². The van der Waals surface area contributed by atoms with Crippen LogP contribution in [0.1, 0.15) is 84.7 Å². The molecule has 0 spiro atoms. The summed E-state index contributed by atoms with van der Waals surface area (Å²) in [5.41, 5.74) is 11.6. The number of hydrogen-bond acceptors (Lipinski definition) is 7. The van der Waals surface area contributed by atoms with Crippen LogP contribution in [0.3, 0.4) is 0 Å². The van der Waals surface area contributed by atoms with E-state index in [0.29, 0.717) is 53.3 Å². The molecule has 59 heavy (non-hydrogen) atoms. The summed E-state index contributed by atoms with van der Waals surface area (Å²) in [6.45, 7) is 8.24. The summed E-state index contributed by atoms with van der Waals surface area (Å²) in [7, 11) is 0. The van der Waals surface area contributed by atoms with E-state index in [9.17, 15) is 14.4 Å². The van der Waals surface area contributed by atoms with Gasteiger partial charge in [-0.05, 0) is 54.5 Å². The number of alkyl carbamates (subject to hydrolysis) is 1. The maximum atomic E-state index is 14.8. The molecular weight excluding hydrogens is 760 g/mol. The Labute approximate surface area is 352 Å². The number of carbonyl (C=O) groups excluding carboxylic acids is 3. The Morgan fingerprint density at radius 1 is 0.746 bits per heavy atom. The van der Waals surface area contributed by atoms with E-state index in [1.165, 1.54) is 0 Å². The SMILES string of the molecule is C=C(N)NCCC[C@@H](NC(=O)OCC1c2ccccc2-c2ccccc21)C(=O)N[C@H](CCCCC)C(=O)OC(c1ccccc1)(c1ccc(C)cc1)c1ccccc1Cl. The molecule has 0 bridgehead atoms. The number of aryl methyl sites for hydroxylation is 1. The van der Waals surface area contributed by atoms with Gasteiger partial charge in [-0.15, -0.1) is 0 Å². The highest BCUT2D eigenvalue weighted by molar-refractivity contribution is 6.31. The first kappa shape index (κ1) is 42.5. The average Bonchev–Trinajstić information content (AvgIpc) is 3.57. The number of rotatable bonds is 19. The lowest BCUT2D eigenvalue weighted by Gasteiger charge is -2.37. The number of nitrogens with one attached hydrogen (secondary N) is 3. The molecule has 2 amide bonds. The second-order valence-electron chi connectivity index (χ2n) is 15.0. The molecule has 0 radical (unpaired) electrons. The highest BCUT2D eigenvalue weighted by atomic mass is 35.5. The van der Waals surface area contributed by atoms with Gasteiger partial charge in [-0.25, -0.2) is 9.59 Å². The number of carbonyl (C=O) groups is 3. The summed E-state index contributed by atoms with van der Waals surface area (Å²) in [4.78, 5) is 42.7. The van der Waals surface area contributed by atoms with Gasteiger partial charge in [0.05, 0.1) is 5.82 Å². The van der Waals surface area contributed by atoms with Gasteiger partial charge in [0.2, 0.25) is 5.91 Å². The molecular formula is C49H53ClN4O5. The van der Waals surface area contributed by atoms with Crippen LogP contribution in [0.25, 0.3) is 11.1 Å². The second kappa shape index (κ2) is 20.1. The normalized spacial score (nSPS) is 13.8. The maximum absolute atomic E-state index is 14.8. The van der Waals surface area contributed by atoms with Crippen molar-refractivity contribution in [3.8, 4) is 11.1 Å². The van der Waals surface area contributed by atoms with Crippen LogP contribution in [0.15, 0.2) is 140 Å². The van der Waals surface area contributed by atoms with Gasteiger partial charge in [-0.2, -0.15) is 0 Å². The fourth-order valence-corrected chi connectivity index (χ4v) is 8.08. The summed E-state index contributed by atoms with van der Waals surface area (Å²) in [6.07, 6.45) is 2.64. The Bertz CT molecular complexity index is 2180. The number of benzene rings is 5. The van der Waals surface area contributed by atoms with Crippen molar-refractivity contribution in [2.24, 2.45) is 5.73 Å². The third-order valence-corrected chi connectivity index (χ3v) is 11.1. The first-order valence-corrected chi connectivity index (χ1v) is 20.7. The number of fused-ring (bicyclic) bond motifs is 3. The lowest BCUT2D eigenvalue weighted by atomic mass is 9.79. The molecule has 5 aromatic rings. The molecule has 0 heterocycles. The highest BCUT2D eigenvalue weighted by Gasteiger charge is 2.44. The van der Waals surface area contributed by atoms with E-state index in [0.717, 1.165) is 40.7 Å². The Hall–Kier alpha value is -6.06. The van der Waals surface area contributed by atoms with Gasteiger partial charge in [0.1, 0.15) is 18.7 Å². The van der Waals surface area contributed by atoms with E-state index in [1.807, 2.05) is 116 Å². The third-order valence-electron chi connectivity index (χ3n) is 10.8. The fourth-order valence-electron chi connectivity index (χ4n) is 7.81. The number of hydrogen-bond donors (Lipinski definition) is 4. The van der Waals surface area contributed by atoms with Crippen molar-refractivity contribution in [2.75, 3.05) is 13.2 Å². The zero-order valence-corrected chi connectivity index (χ0v) is 34.5. The summed E-state index contributed by atoms with van der Waals surface area (Å²) in [5.74, 6) is -1.04. The zero-order valence-electron chi connectivity index (χ0n) is 33.7. The molecule has 10 heteroatoms. The minimum Gasteiger partial charge on any atom is -0.449 e. The van der Waals surface area contributed by atoms with E-state index < -0.39 is 35.7 Å². The van der Waals surface area contributed by atoms with Crippen LogP contribution >= 0.6 is 11.6 Å². The smallest absolute Gasteiger partial charge is 0.407 e. The molecule has 306 valence electrons. The van der Waals surface area contributed by atoms with Crippen LogP contribution in [-0.2, 0) is 24.7 Å². The van der Waals surface area contributed by atoms with E-state index in [2.05, 4.69) is 41.6 Å². The first-order chi connectivity index (χ1) is 28.6. The van der Waals surface area contributed by atoms with E-state index in [4.69, 9.17) is 26.8 Å². The minimum absolute atomic E-state index is 0.0807. The minimum atomic E-state index is -1.46. The highest BCUT2D eigenvalue weighted by Crippen LogP contribution is 2.45. The number of unbranched alkanes of at least 4 members (excludes halogenated alkanes) is 2. The average molecular weight is 813 g/mol. The molecule has 0 fully saturated rings. The van der Waals surface area contributed by atoms with E-state index >= 15 is 0 Å². The lowest BCUT2D eigenvalue weighted by molar-refractivity contribution is -0.157. The second-order valence-corrected chi connectivity index (χ2v) is 15.4. The standard InChI is InChI=1S/C49H53ClN4O5/c1-4-5-7-25-45(47(56)59-49(35-17-8-6-9-18-35,36-29-27-33(2)28-30-36)42-23-14-15-24-43(42)50)53-46(55)44(26-16-31-52-34(3)51)54-48(57)58-32-41-39-21-12-10-19-37(39)38-20-11-13-22-40(38)41/h6,8-15,17-24,27-30,41,44-45,52H,3-5,7,16,25-26,31-32,51H2,1-2H3,(H,53,55)(H,54,57)/t44-,45-,49?/m1/s1. The Kier molecular flexibility index (Phi) is 14.5. The van der Waals surface area contributed by atoms with Crippen molar-refractivity contribution in [1.82, 2.24) is 16.0 Å². The van der Waals surface area contributed by atoms with Crippen LogP contribution < -0.4 is 21.7 Å². The topological polar surface area (TPSA) is 132 Å². The molecule has 1 unspecified atom stereocenters. The molecule has 0 aliphatic heterocycles. The van der Waals surface area contributed by atoms with Crippen molar-refractivity contribution in [3.05, 3.63) is 178 Å². The van der Waals surface area contributed by atoms with Crippen molar-refractivity contribution >= 4 is 29.6 Å². The molecule has 5 aromatic carbocycles. The number of esters is 1. The van der Waals surface area contributed by atoms with Crippen molar-refractivity contribution in [2.45, 2.75) is 76.0 Å². The molecule has 1 aliphatic rings. The zero-order chi connectivity index (χ0) is 41.8. The molecule has 0 saturated heterocycles.